The molecule has 3 rings (SSSR count). The molecule has 2 aliphatic rings. The SMILES string of the molecule is O=C(O)C(F)(F)F.O=C(O)CN1CCCCC(NC(=O)Cc2ccc3c(c2)NCC3)C1=O. The Balaban J connectivity index is 0.000000451. The van der Waals surface area contributed by atoms with E-state index in [1.54, 1.807) is 0 Å². The summed E-state index contributed by atoms with van der Waals surface area (Å²) in [4.78, 5) is 45.9. The Bertz CT molecular complexity index is 875. The molecule has 4 N–H and O–H groups in total. The highest BCUT2D eigenvalue weighted by atomic mass is 19.4. The average molecular weight is 459 g/mol. The van der Waals surface area contributed by atoms with Crippen LogP contribution in [-0.2, 0) is 32.0 Å². The van der Waals surface area contributed by atoms with Crippen LogP contribution in [0.4, 0.5) is 18.9 Å². The predicted octanol–water partition coefficient (Wildman–Crippen LogP) is 1.41. The first-order valence-corrected chi connectivity index (χ1v) is 9.93. The zero-order valence-electron chi connectivity index (χ0n) is 17.1. The van der Waals surface area contributed by atoms with Gasteiger partial charge in [-0.15, -0.1) is 0 Å². The van der Waals surface area contributed by atoms with Gasteiger partial charge in [0, 0.05) is 18.8 Å². The van der Waals surface area contributed by atoms with Crippen molar-refractivity contribution in [2.45, 2.75) is 44.3 Å². The molecule has 1 atom stereocenters. The lowest BCUT2D eigenvalue weighted by Crippen LogP contribution is -2.49. The maximum Gasteiger partial charge on any atom is 0.490 e. The molecule has 1 unspecified atom stereocenters. The average Bonchev–Trinajstić information content (AvgIpc) is 3.09. The van der Waals surface area contributed by atoms with Crippen molar-refractivity contribution in [2.24, 2.45) is 0 Å². The van der Waals surface area contributed by atoms with E-state index in [4.69, 9.17) is 15.0 Å². The fourth-order valence-corrected chi connectivity index (χ4v) is 3.44. The molecule has 0 spiro atoms. The van der Waals surface area contributed by atoms with Crippen molar-refractivity contribution < 1.29 is 42.6 Å². The Morgan fingerprint density at radius 2 is 1.88 bits per heavy atom. The van der Waals surface area contributed by atoms with E-state index in [0.29, 0.717) is 13.0 Å². The topological polar surface area (TPSA) is 136 Å². The van der Waals surface area contributed by atoms with Crippen molar-refractivity contribution >= 4 is 29.4 Å². The van der Waals surface area contributed by atoms with Crippen LogP contribution in [0.2, 0.25) is 0 Å². The summed E-state index contributed by atoms with van der Waals surface area (Å²) in [5.74, 6) is -4.31. The van der Waals surface area contributed by atoms with E-state index in [1.807, 2.05) is 18.2 Å². The third-order valence-electron chi connectivity index (χ3n) is 4.93. The van der Waals surface area contributed by atoms with Crippen LogP contribution in [0.15, 0.2) is 18.2 Å². The Labute approximate surface area is 181 Å². The van der Waals surface area contributed by atoms with Crippen molar-refractivity contribution in [3.8, 4) is 0 Å². The summed E-state index contributed by atoms with van der Waals surface area (Å²) < 4.78 is 31.7. The molecule has 0 saturated carbocycles. The summed E-state index contributed by atoms with van der Waals surface area (Å²) in [6.07, 6.45) is -1.79. The van der Waals surface area contributed by atoms with Gasteiger partial charge in [-0.2, -0.15) is 13.2 Å². The van der Waals surface area contributed by atoms with Gasteiger partial charge in [-0.05, 0) is 42.9 Å². The highest BCUT2D eigenvalue weighted by Gasteiger charge is 2.38. The number of alkyl halides is 3. The summed E-state index contributed by atoms with van der Waals surface area (Å²) >= 11 is 0. The van der Waals surface area contributed by atoms with E-state index in [9.17, 15) is 27.6 Å². The van der Waals surface area contributed by atoms with Gasteiger partial charge in [0.25, 0.3) is 0 Å². The van der Waals surface area contributed by atoms with Crippen LogP contribution in [-0.4, -0.2) is 70.7 Å². The fraction of sp³-hybridized carbons (Fsp3) is 0.500. The number of nitrogens with zero attached hydrogens (tertiary/aromatic N) is 1. The number of amides is 2. The molecule has 1 aromatic rings. The van der Waals surface area contributed by atoms with Crippen LogP contribution in [0.1, 0.15) is 30.4 Å². The highest BCUT2D eigenvalue weighted by molar-refractivity contribution is 5.90. The number of benzene rings is 1. The quantitative estimate of drug-likeness (QED) is 0.523. The minimum absolute atomic E-state index is 0.206. The molecule has 2 aliphatic heterocycles. The van der Waals surface area contributed by atoms with E-state index < -0.39 is 24.2 Å². The van der Waals surface area contributed by atoms with E-state index in [1.165, 1.54) is 10.5 Å². The highest BCUT2D eigenvalue weighted by Crippen LogP contribution is 2.23. The number of hydrogen-bond donors (Lipinski definition) is 4. The van der Waals surface area contributed by atoms with Crippen molar-refractivity contribution in [1.29, 1.82) is 0 Å². The van der Waals surface area contributed by atoms with Gasteiger partial charge in [0.05, 0.1) is 6.42 Å². The minimum Gasteiger partial charge on any atom is -0.480 e. The molecule has 1 saturated heterocycles. The molecule has 0 aromatic heterocycles. The summed E-state index contributed by atoms with van der Waals surface area (Å²) in [7, 11) is 0. The summed E-state index contributed by atoms with van der Waals surface area (Å²) in [5, 5.41) is 22.1. The number of carbonyl (C=O) groups is 4. The van der Waals surface area contributed by atoms with Crippen molar-refractivity contribution in [2.75, 3.05) is 25.0 Å². The molecule has 0 radical (unpaired) electrons. The largest absolute Gasteiger partial charge is 0.490 e. The first kappa shape index (κ1) is 25.0. The summed E-state index contributed by atoms with van der Waals surface area (Å²) in [6.45, 7) is 1.02. The number of carboxylic acid groups (broad SMARTS) is 2. The van der Waals surface area contributed by atoms with Crippen LogP contribution in [0.5, 0.6) is 0 Å². The predicted molar refractivity (Wildman–Crippen MR) is 106 cm³/mol. The number of hydrogen-bond acceptors (Lipinski definition) is 5. The van der Waals surface area contributed by atoms with Gasteiger partial charge in [-0.1, -0.05) is 12.1 Å². The number of anilines is 1. The van der Waals surface area contributed by atoms with Gasteiger partial charge in [0.2, 0.25) is 11.8 Å². The standard InChI is InChI=1S/C18H23N3O4.C2HF3O2/c22-16(10-12-4-5-13-6-7-19-15(13)9-12)20-14-3-1-2-8-21(18(14)25)11-17(23)24;3-2(4,5)1(6)7/h4-5,9,14,19H,1-3,6-8,10-11H2,(H,20,22)(H,23,24);(H,6,7). The van der Waals surface area contributed by atoms with Gasteiger partial charge in [-0.3, -0.25) is 14.4 Å². The molecular formula is C20H24F3N3O6. The minimum atomic E-state index is -5.08. The third-order valence-corrected chi connectivity index (χ3v) is 4.93. The number of likely N-dealkylation sites (tertiary alicyclic amines) is 1. The number of halogens is 3. The van der Waals surface area contributed by atoms with Crippen LogP contribution in [0, 0.1) is 0 Å². The van der Waals surface area contributed by atoms with Gasteiger partial charge in [-0.25, -0.2) is 4.79 Å². The smallest absolute Gasteiger partial charge is 0.480 e. The molecule has 12 heteroatoms. The lowest BCUT2D eigenvalue weighted by atomic mass is 10.1. The Hall–Kier alpha value is -3.31. The maximum absolute atomic E-state index is 12.5. The lowest BCUT2D eigenvalue weighted by Gasteiger charge is -2.23. The van der Waals surface area contributed by atoms with Crippen LogP contribution in [0.25, 0.3) is 0 Å². The second-order valence-corrected chi connectivity index (χ2v) is 7.42. The van der Waals surface area contributed by atoms with E-state index in [2.05, 4.69) is 10.6 Å². The number of carboxylic acids is 2. The Morgan fingerprint density at radius 3 is 2.50 bits per heavy atom. The first-order chi connectivity index (χ1) is 15.0. The van der Waals surface area contributed by atoms with Crippen LogP contribution in [0.3, 0.4) is 0 Å². The molecule has 0 bridgehead atoms. The van der Waals surface area contributed by atoms with E-state index >= 15 is 0 Å². The number of aliphatic carboxylic acids is 2. The van der Waals surface area contributed by atoms with Gasteiger partial charge >= 0.3 is 18.1 Å². The molecule has 0 aliphatic carbocycles. The van der Waals surface area contributed by atoms with Crippen molar-refractivity contribution in [1.82, 2.24) is 10.2 Å². The first-order valence-electron chi connectivity index (χ1n) is 9.93. The molecule has 1 aromatic carbocycles. The molecule has 9 nitrogen and oxygen atoms in total. The van der Waals surface area contributed by atoms with Crippen molar-refractivity contribution in [3.05, 3.63) is 29.3 Å². The molecule has 2 heterocycles. The lowest BCUT2D eigenvalue weighted by molar-refractivity contribution is -0.192. The summed E-state index contributed by atoms with van der Waals surface area (Å²) in [5.41, 5.74) is 3.23. The second-order valence-electron chi connectivity index (χ2n) is 7.42. The zero-order valence-corrected chi connectivity index (χ0v) is 17.1. The second kappa shape index (κ2) is 10.8. The van der Waals surface area contributed by atoms with E-state index in [0.717, 1.165) is 37.1 Å². The molecular weight excluding hydrogens is 435 g/mol. The normalized spacial score (nSPS) is 17.9. The fourth-order valence-electron chi connectivity index (χ4n) is 3.44. The van der Waals surface area contributed by atoms with Crippen molar-refractivity contribution in [3.63, 3.8) is 0 Å². The molecule has 2 amide bonds. The van der Waals surface area contributed by atoms with Crippen LogP contribution >= 0.6 is 0 Å². The summed E-state index contributed by atoms with van der Waals surface area (Å²) in [6, 6.07) is 5.32. The number of nitrogens with one attached hydrogen (secondary N) is 2. The zero-order chi connectivity index (χ0) is 23.9. The molecule has 32 heavy (non-hydrogen) atoms. The Morgan fingerprint density at radius 1 is 1.19 bits per heavy atom. The van der Waals surface area contributed by atoms with Gasteiger partial charge < -0.3 is 25.7 Å². The van der Waals surface area contributed by atoms with Gasteiger partial charge in [0.1, 0.15) is 12.6 Å². The van der Waals surface area contributed by atoms with Crippen LogP contribution < -0.4 is 10.6 Å². The number of carbonyl (C=O) groups excluding carboxylic acids is 2. The number of rotatable bonds is 5. The maximum atomic E-state index is 12.5. The molecule has 1 fully saturated rings. The molecule has 176 valence electrons. The Kier molecular flexibility index (Phi) is 8.44. The third kappa shape index (κ3) is 7.43. The number of fused-ring (bicyclic) bond motifs is 1. The monoisotopic (exact) mass is 459 g/mol. The van der Waals surface area contributed by atoms with E-state index in [-0.39, 0.29) is 24.8 Å². The van der Waals surface area contributed by atoms with Gasteiger partial charge in [0.15, 0.2) is 0 Å².